The number of nitrogens with zero attached hydrogens (tertiary/aromatic N) is 3. The molecular weight excluding hydrogens is 452 g/mol. The van der Waals surface area contributed by atoms with Gasteiger partial charge in [-0.15, -0.1) is 0 Å². The highest BCUT2D eigenvalue weighted by Crippen LogP contribution is 2.42. The number of benzene rings is 1. The fourth-order valence-electron chi connectivity index (χ4n) is 5.91. The minimum absolute atomic E-state index is 0.0360. The van der Waals surface area contributed by atoms with Crippen molar-refractivity contribution in [1.82, 2.24) is 20.0 Å². The normalized spacial score (nSPS) is 26.3. The minimum atomic E-state index is -2.91. The quantitative estimate of drug-likeness (QED) is 0.680. The van der Waals surface area contributed by atoms with Crippen LogP contribution in [0.25, 0.3) is 5.69 Å². The van der Waals surface area contributed by atoms with Crippen molar-refractivity contribution < 1.29 is 18.3 Å². The Kier molecular flexibility index (Phi) is 5.84. The van der Waals surface area contributed by atoms with Crippen LogP contribution >= 0.6 is 0 Å². The van der Waals surface area contributed by atoms with Crippen LogP contribution in [0.2, 0.25) is 0 Å². The van der Waals surface area contributed by atoms with Gasteiger partial charge in [0.2, 0.25) is 5.91 Å². The summed E-state index contributed by atoms with van der Waals surface area (Å²) < 4.78 is 31.7. The average molecular weight is 484 g/mol. The molecule has 186 valence electrons. The zero-order valence-corrected chi connectivity index (χ0v) is 19.6. The van der Waals surface area contributed by atoms with Crippen LogP contribution in [0, 0.1) is 5.92 Å². The molecule has 6 rings (SSSR count). The number of halogens is 2. The summed E-state index contributed by atoms with van der Waals surface area (Å²) in [6.07, 6.45) is 7.55. The molecule has 35 heavy (non-hydrogen) atoms. The SMILES string of the molecule is NC1=CC(OC(F)F)NCC1C(=O)N1CCc2c3c(nn2-c2ccc(C4CC4)cc2)CCCC[C@@H]31. The highest BCUT2D eigenvalue weighted by molar-refractivity contribution is 5.83. The molecule has 1 saturated carbocycles. The summed E-state index contributed by atoms with van der Waals surface area (Å²) in [5.41, 5.74) is 12.4. The van der Waals surface area contributed by atoms with Crippen LogP contribution in [0.3, 0.4) is 0 Å². The van der Waals surface area contributed by atoms with Crippen LogP contribution in [-0.4, -0.2) is 46.5 Å². The van der Waals surface area contributed by atoms with Gasteiger partial charge in [-0.05, 0) is 61.8 Å². The lowest BCUT2D eigenvalue weighted by atomic mass is 9.91. The summed E-state index contributed by atoms with van der Waals surface area (Å²) >= 11 is 0. The summed E-state index contributed by atoms with van der Waals surface area (Å²) in [7, 11) is 0. The molecule has 3 N–H and O–H groups in total. The first-order valence-electron chi connectivity index (χ1n) is 12.6. The highest BCUT2D eigenvalue weighted by Gasteiger charge is 2.40. The summed E-state index contributed by atoms with van der Waals surface area (Å²) in [5, 5.41) is 7.89. The lowest BCUT2D eigenvalue weighted by molar-refractivity contribution is -0.160. The molecule has 0 radical (unpaired) electrons. The van der Waals surface area contributed by atoms with Gasteiger partial charge in [0.25, 0.3) is 0 Å². The van der Waals surface area contributed by atoms with Crippen LogP contribution in [0.4, 0.5) is 8.78 Å². The first kappa shape index (κ1) is 22.7. The van der Waals surface area contributed by atoms with Gasteiger partial charge in [0.1, 0.15) is 6.23 Å². The van der Waals surface area contributed by atoms with E-state index in [2.05, 4.69) is 39.0 Å². The van der Waals surface area contributed by atoms with Crippen molar-refractivity contribution >= 4 is 5.91 Å². The van der Waals surface area contributed by atoms with Gasteiger partial charge in [0, 0.05) is 30.8 Å². The largest absolute Gasteiger partial charge is 0.401 e. The highest BCUT2D eigenvalue weighted by atomic mass is 19.3. The molecule has 2 unspecified atom stereocenters. The number of carbonyl (C=O) groups excluding carboxylic acids is 1. The second-order valence-electron chi connectivity index (χ2n) is 10.1. The second kappa shape index (κ2) is 9.02. The van der Waals surface area contributed by atoms with Crippen LogP contribution in [0.15, 0.2) is 36.0 Å². The molecule has 1 aromatic carbocycles. The lowest BCUT2D eigenvalue weighted by Gasteiger charge is -2.39. The molecular formula is C26H31F2N5O2. The Bertz CT molecular complexity index is 1140. The van der Waals surface area contributed by atoms with E-state index in [-0.39, 0.29) is 24.2 Å². The molecule has 0 bridgehead atoms. The Morgan fingerprint density at radius 3 is 2.66 bits per heavy atom. The summed E-state index contributed by atoms with van der Waals surface area (Å²) in [5.74, 6) is 0.0613. The van der Waals surface area contributed by atoms with Gasteiger partial charge in [-0.2, -0.15) is 13.9 Å². The fraction of sp³-hybridized carbons (Fsp3) is 0.538. The maximum Gasteiger partial charge on any atom is 0.346 e. The van der Waals surface area contributed by atoms with E-state index in [1.165, 1.54) is 35.7 Å². The predicted octanol–water partition coefficient (Wildman–Crippen LogP) is 3.53. The number of aromatic nitrogens is 2. The van der Waals surface area contributed by atoms with E-state index < -0.39 is 18.8 Å². The zero-order chi connectivity index (χ0) is 24.1. The van der Waals surface area contributed by atoms with E-state index in [9.17, 15) is 13.6 Å². The van der Waals surface area contributed by atoms with E-state index in [0.717, 1.165) is 43.5 Å². The fourth-order valence-corrected chi connectivity index (χ4v) is 5.91. The molecule has 4 aliphatic rings. The topological polar surface area (TPSA) is 85.4 Å². The molecule has 7 nitrogen and oxygen atoms in total. The van der Waals surface area contributed by atoms with E-state index in [4.69, 9.17) is 10.8 Å². The maximum absolute atomic E-state index is 13.7. The first-order valence-corrected chi connectivity index (χ1v) is 12.6. The Hall–Kier alpha value is -2.78. The van der Waals surface area contributed by atoms with Crippen molar-refractivity contribution in [2.75, 3.05) is 13.1 Å². The standard InChI is InChI=1S/C26H31F2N5O2/c27-26(28)35-23-13-19(29)18(14-30-23)25(34)32-12-11-22-24-20(3-1-2-4-21(24)32)31-33(22)17-9-7-16(8-10-17)15-5-6-15/h7-10,13,15,18,21,23,26,30H,1-6,11-12,14,29H2/t18?,21-,23?/m0/s1. The molecule has 0 spiro atoms. The number of carbonyl (C=O) groups is 1. The van der Waals surface area contributed by atoms with Gasteiger partial charge in [0.05, 0.1) is 29.0 Å². The van der Waals surface area contributed by atoms with Crippen LogP contribution in [0.1, 0.15) is 66.6 Å². The third-order valence-corrected chi connectivity index (χ3v) is 7.82. The van der Waals surface area contributed by atoms with Gasteiger partial charge in [-0.25, -0.2) is 4.68 Å². The minimum Gasteiger partial charge on any atom is -0.401 e. The van der Waals surface area contributed by atoms with E-state index in [1.54, 1.807) is 0 Å². The molecule has 3 heterocycles. The first-order chi connectivity index (χ1) is 17.0. The number of hydrogen-bond acceptors (Lipinski definition) is 5. The van der Waals surface area contributed by atoms with Crippen molar-refractivity contribution in [2.45, 2.75) is 69.7 Å². The second-order valence-corrected chi connectivity index (χ2v) is 10.1. The predicted molar refractivity (Wildman–Crippen MR) is 126 cm³/mol. The van der Waals surface area contributed by atoms with E-state index in [0.29, 0.717) is 12.5 Å². The number of nitrogens with one attached hydrogen (secondary N) is 1. The number of rotatable bonds is 5. The molecule has 1 fully saturated rings. The van der Waals surface area contributed by atoms with Crippen LogP contribution in [-0.2, 0) is 22.4 Å². The van der Waals surface area contributed by atoms with Gasteiger partial charge in [-0.3, -0.25) is 10.1 Å². The Morgan fingerprint density at radius 2 is 1.94 bits per heavy atom. The summed E-state index contributed by atoms with van der Waals surface area (Å²) in [6.45, 7) is -2.15. The number of aryl methyl sites for hydroxylation is 1. The van der Waals surface area contributed by atoms with Crippen molar-refractivity contribution in [1.29, 1.82) is 0 Å². The Balaban J connectivity index is 1.28. The van der Waals surface area contributed by atoms with Gasteiger partial charge < -0.3 is 15.4 Å². The van der Waals surface area contributed by atoms with Crippen molar-refractivity contribution in [2.24, 2.45) is 11.7 Å². The number of amides is 1. The number of nitrogens with two attached hydrogens (primary N) is 1. The average Bonchev–Trinajstić information content (AvgIpc) is 3.65. The smallest absolute Gasteiger partial charge is 0.346 e. The lowest BCUT2D eigenvalue weighted by Crippen LogP contribution is -2.50. The van der Waals surface area contributed by atoms with Gasteiger partial charge >= 0.3 is 6.61 Å². The molecule has 9 heteroatoms. The number of alkyl halides is 2. The van der Waals surface area contributed by atoms with Crippen molar-refractivity contribution in [3.05, 3.63) is 58.6 Å². The molecule has 2 aliphatic heterocycles. The van der Waals surface area contributed by atoms with Crippen LogP contribution in [0.5, 0.6) is 0 Å². The maximum atomic E-state index is 13.7. The molecule has 2 aliphatic carbocycles. The number of hydrogen-bond donors (Lipinski definition) is 2. The van der Waals surface area contributed by atoms with E-state index in [1.807, 2.05) is 4.90 Å². The molecule has 0 saturated heterocycles. The van der Waals surface area contributed by atoms with E-state index >= 15 is 0 Å². The molecule has 2 aromatic rings. The zero-order valence-electron chi connectivity index (χ0n) is 19.6. The van der Waals surface area contributed by atoms with Gasteiger partial charge in [0.15, 0.2) is 0 Å². The van der Waals surface area contributed by atoms with Crippen LogP contribution < -0.4 is 11.1 Å². The monoisotopic (exact) mass is 483 g/mol. The van der Waals surface area contributed by atoms with Crippen molar-refractivity contribution in [3.8, 4) is 5.69 Å². The third-order valence-electron chi connectivity index (χ3n) is 7.82. The molecule has 1 aromatic heterocycles. The molecule has 3 atom stereocenters. The Morgan fingerprint density at radius 1 is 1.14 bits per heavy atom. The molecule has 1 amide bonds. The number of ether oxygens (including phenoxy) is 1. The van der Waals surface area contributed by atoms with Gasteiger partial charge in [-0.1, -0.05) is 18.6 Å². The summed E-state index contributed by atoms with van der Waals surface area (Å²) in [4.78, 5) is 15.6. The third kappa shape index (κ3) is 4.25. The Labute approximate surface area is 203 Å². The summed E-state index contributed by atoms with van der Waals surface area (Å²) in [6, 6.07) is 8.74. The van der Waals surface area contributed by atoms with Crippen molar-refractivity contribution in [3.63, 3.8) is 0 Å².